The highest BCUT2D eigenvalue weighted by Gasteiger charge is 2.15. The van der Waals surface area contributed by atoms with E-state index >= 15 is 0 Å². The molecular formula is C11H15ClFNO. The molecule has 0 radical (unpaired) electrons. The van der Waals surface area contributed by atoms with Crippen LogP contribution < -0.4 is 10.1 Å². The molecule has 0 aliphatic rings. The van der Waals surface area contributed by atoms with Crippen molar-refractivity contribution in [3.63, 3.8) is 0 Å². The molecule has 0 heterocycles. The summed E-state index contributed by atoms with van der Waals surface area (Å²) in [5.41, 5.74) is 1.40. The molecule has 0 amide bonds. The minimum atomic E-state index is -0.380. The molecule has 1 aromatic carbocycles. The molecule has 1 rings (SSSR count). The number of methoxy groups -OCH3 is 1. The average Bonchev–Trinajstić information content (AvgIpc) is 2.21. The molecule has 84 valence electrons. The summed E-state index contributed by atoms with van der Waals surface area (Å²) in [5.74, 6) is 0.210. The molecule has 15 heavy (non-hydrogen) atoms. The number of nitrogens with one attached hydrogen (secondary N) is 1. The number of hydrogen-bond acceptors (Lipinski definition) is 2. The number of likely N-dealkylation sites (N-methyl/N-ethyl adjacent to an activating group) is 1. The van der Waals surface area contributed by atoms with Crippen molar-refractivity contribution in [1.29, 1.82) is 0 Å². The van der Waals surface area contributed by atoms with E-state index in [2.05, 4.69) is 5.32 Å². The summed E-state index contributed by atoms with van der Waals surface area (Å²) in [4.78, 5) is 0. The van der Waals surface area contributed by atoms with Crippen LogP contribution in [0.3, 0.4) is 0 Å². The van der Waals surface area contributed by atoms with Crippen molar-refractivity contribution < 1.29 is 9.13 Å². The Morgan fingerprint density at radius 3 is 2.73 bits per heavy atom. The largest absolute Gasteiger partial charge is 0.496 e. The minimum Gasteiger partial charge on any atom is -0.496 e. The maximum absolute atomic E-state index is 13.7. The molecule has 0 aliphatic heterocycles. The molecule has 0 atom stereocenters. The number of aryl methyl sites for hydroxylation is 1. The third-order valence-electron chi connectivity index (χ3n) is 2.28. The molecule has 0 unspecified atom stereocenters. The van der Waals surface area contributed by atoms with E-state index in [9.17, 15) is 4.39 Å². The maximum Gasteiger partial charge on any atom is 0.148 e. The van der Waals surface area contributed by atoms with Crippen molar-refractivity contribution in [2.45, 2.75) is 13.3 Å². The fourth-order valence-corrected chi connectivity index (χ4v) is 1.84. The van der Waals surface area contributed by atoms with Gasteiger partial charge in [-0.15, -0.1) is 0 Å². The lowest BCUT2D eigenvalue weighted by atomic mass is 10.1. The van der Waals surface area contributed by atoms with Gasteiger partial charge in [-0.05, 0) is 38.6 Å². The highest BCUT2D eigenvalue weighted by Crippen LogP contribution is 2.31. The lowest BCUT2D eigenvalue weighted by Crippen LogP contribution is -2.12. The van der Waals surface area contributed by atoms with E-state index in [0.717, 1.165) is 5.56 Å². The zero-order chi connectivity index (χ0) is 11.4. The van der Waals surface area contributed by atoms with Crippen molar-refractivity contribution in [2.75, 3.05) is 20.7 Å². The third kappa shape index (κ3) is 2.61. The normalized spacial score (nSPS) is 10.5. The second-order valence-electron chi connectivity index (χ2n) is 3.35. The van der Waals surface area contributed by atoms with Crippen molar-refractivity contribution in [3.8, 4) is 5.75 Å². The Hall–Kier alpha value is -0.800. The molecular weight excluding hydrogens is 217 g/mol. The average molecular weight is 232 g/mol. The van der Waals surface area contributed by atoms with Gasteiger partial charge in [0, 0.05) is 5.56 Å². The Morgan fingerprint density at radius 1 is 1.53 bits per heavy atom. The second kappa shape index (κ2) is 5.33. The topological polar surface area (TPSA) is 21.3 Å². The van der Waals surface area contributed by atoms with Gasteiger partial charge in [0.25, 0.3) is 0 Å². The van der Waals surface area contributed by atoms with E-state index in [1.54, 1.807) is 13.2 Å². The smallest absolute Gasteiger partial charge is 0.148 e. The standard InChI is InChI=1S/C11H15ClFNO/c1-7-6-9(12)10(13)8(4-5-14-2)11(7)15-3/h6,14H,4-5H2,1-3H3. The van der Waals surface area contributed by atoms with E-state index in [1.165, 1.54) is 0 Å². The van der Waals surface area contributed by atoms with Crippen LogP contribution in [0.1, 0.15) is 11.1 Å². The Kier molecular flexibility index (Phi) is 4.36. The predicted molar refractivity (Wildman–Crippen MR) is 60.3 cm³/mol. The van der Waals surface area contributed by atoms with Gasteiger partial charge in [-0.25, -0.2) is 4.39 Å². The SMILES string of the molecule is CNCCc1c(F)c(Cl)cc(C)c1OC. The molecule has 1 aromatic rings. The van der Waals surface area contributed by atoms with Crippen LogP contribution in [0.5, 0.6) is 5.75 Å². The summed E-state index contributed by atoms with van der Waals surface area (Å²) in [6.07, 6.45) is 0.562. The predicted octanol–water partition coefficient (Wildman–Crippen LogP) is 2.56. The van der Waals surface area contributed by atoms with Crippen molar-refractivity contribution in [3.05, 3.63) is 28.0 Å². The Bertz CT molecular complexity index is 355. The van der Waals surface area contributed by atoms with Crippen molar-refractivity contribution in [1.82, 2.24) is 5.32 Å². The van der Waals surface area contributed by atoms with Crippen LogP contribution in [0, 0.1) is 12.7 Å². The molecule has 0 saturated heterocycles. The van der Waals surface area contributed by atoms with E-state index in [0.29, 0.717) is 24.3 Å². The molecule has 0 bridgehead atoms. The molecule has 0 saturated carbocycles. The zero-order valence-corrected chi connectivity index (χ0v) is 9.91. The molecule has 0 fully saturated rings. The number of benzene rings is 1. The quantitative estimate of drug-likeness (QED) is 0.860. The van der Waals surface area contributed by atoms with Crippen LogP contribution in [-0.4, -0.2) is 20.7 Å². The summed E-state index contributed by atoms with van der Waals surface area (Å²) < 4.78 is 18.9. The van der Waals surface area contributed by atoms with Gasteiger partial charge in [-0.1, -0.05) is 11.6 Å². The van der Waals surface area contributed by atoms with Gasteiger partial charge in [0.1, 0.15) is 11.6 Å². The van der Waals surface area contributed by atoms with Gasteiger partial charge < -0.3 is 10.1 Å². The molecule has 0 spiro atoms. The molecule has 0 aromatic heterocycles. The molecule has 4 heteroatoms. The summed E-state index contributed by atoms with van der Waals surface area (Å²) in [6.45, 7) is 2.54. The Balaban J connectivity index is 3.18. The van der Waals surface area contributed by atoms with Gasteiger partial charge in [0.2, 0.25) is 0 Å². The van der Waals surface area contributed by atoms with E-state index in [4.69, 9.17) is 16.3 Å². The monoisotopic (exact) mass is 231 g/mol. The Labute approximate surface area is 94.4 Å². The summed E-state index contributed by atoms with van der Waals surface area (Å²) in [7, 11) is 3.36. The van der Waals surface area contributed by atoms with Crippen molar-refractivity contribution in [2.24, 2.45) is 0 Å². The zero-order valence-electron chi connectivity index (χ0n) is 9.16. The lowest BCUT2D eigenvalue weighted by Gasteiger charge is -2.13. The number of ether oxygens (including phenoxy) is 1. The fourth-order valence-electron chi connectivity index (χ4n) is 1.56. The third-order valence-corrected chi connectivity index (χ3v) is 2.55. The van der Waals surface area contributed by atoms with Gasteiger partial charge in [0.05, 0.1) is 12.1 Å². The van der Waals surface area contributed by atoms with Gasteiger partial charge in [-0.3, -0.25) is 0 Å². The van der Waals surface area contributed by atoms with Crippen LogP contribution in [0.25, 0.3) is 0 Å². The number of halogens is 2. The summed E-state index contributed by atoms with van der Waals surface area (Å²) in [6, 6.07) is 1.58. The first-order chi connectivity index (χ1) is 7.11. The van der Waals surface area contributed by atoms with E-state index in [-0.39, 0.29) is 10.8 Å². The Morgan fingerprint density at radius 2 is 2.20 bits per heavy atom. The van der Waals surface area contributed by atoms with Gasteiger partial charge in [0.15, 0.2) is 0 Å². The molecule has 2 nitrogen and oxygen atoms in total. The van der Waals surface area contributed by atoms with Crippen LogP contribution in [0.15, 0.2) is 6.07 Å². The molecule has 0 aliphatic carbocycles. The summed E-state index contributed by atoms with van der Waals surface area (Å²) in [5, 5.41) is 3.12. The maximum atomic E-state index is 13.7. The van der Waals surface area contributed by atoms with Crippen LogP contribution in [0.4, 0.5) is 4.39 Å². The van der Waals surface area contributed by atoms with Gasteiger partial charge >= 0.3 is 0 Å². The van der Waals surface area contributed by atoms with E-state index < -0.39 is 0 Å². The molecule has 1 N–H and O–H groups in total. The highest BCUT2D eigenvalue weighted by molar-refractivity contribution is 6.30. The lowest BCUT2D eigenvalue weighted by molar-refractivity contribution is 0.401. The number of hydrogen-bond donors (Lipinski definition) is 1. The van der Waals surface area contributed by atoms with E-state index in [1.807, 2.05) is 14.0 Å². The van der Waals surface area contributed by atoms with Crippen LogP contribution >= 0.6 is 11.6 Å². The van der Waals surface area contributed by atoms with Crippen LogP contribution in [-0.2, 0) is 6.42 Å². The first kappa shape index (κ1) is 12.3. The second-order valence-corrected chi connectivity index (χ2v) is 3.76. The summed E-state index contributed by atoms with van der Waals surface area (Å²) >= 11 is 5.78. The van der Waals surface area contributed by atoms with Crippen LogP contribution in [0.2, 0.25) is 5.02 Å². The first-order valence-electron chi connectivity index (χ1n) is 4.77. The minimum absolute atomic E-state index is 0.152. The fraction of sp³-hybridized carbons (Fsp3) is 0.455. The number of rotatable bonds is 4. The first-order valence-corrected chi connectivity index (χ1v) is 5.15. The highest BCUT2D eigenvalue weighted by atomic mass is 35.5. The van der Waals surface area contributed by atoms with Gasteiger partial charge in [-0.2, -0.15) is 0 Å². The van der Waals surface area contributed by atoms with Crippen molar-refractivity contribution >= 4 is 11.6 Å².